The number of halogens is 1. The van der Waals surface area contributed by atoms with Crippen LogP contribution in [0.15, 0.2) is 53.5 Å². The van der Waals surface area contributed by atoms with Crippen molar-refractivity contribution >= 4 is 29.9 Å². The predicted octanol–water partition coefficient (Wildman–Crippen LogP) is 3.54. The number of nitrogens with zero attached hydrogens (tertiary/aromatic N) is 2. The molecule has 0 bridgehead atoms. The van der Waals surface area contributed by atoms with Crippen LogP contribution in [0.5, 0.6) is 0 Å². The average molecular weight is 452 g/mol. The van der Waals surface area contributed by atoms with Gasteiger partial charge in [0.2, 0.25) is 0 Å². The SMILES string of the molecule is CN=C(NCc1ccc(C)cc1)NCc1ccc(CN(C)C)cc1.I. The highest BCUT2D eigenvalue weighted by Gasteiger charge is 2.00. The van der Waals surface area contributed by atoms with Gasteiger partial charge in [-0.05, 0) is 37.7 Å². The van der Waals surface area contributed by atoms with Gasteiger partial charge in [0, 0.05) is 26.7 Å². The highest BCUT2D eigenvalue weighted by molar-refractivity contribution is 14.0. The third-order valence-corrected chi connectivity index (χ3v) is 3.79. The third-order valence-electron chi connectivity index (χ3n) is 3.79. The summed E-state index contributed by atoms with van der Waals surface area (Å²) in [6.45, 7) is 4.59. The van der Waals surface area contributed by atoms with Crippen LogP contribution in [0.1, 0.15) is 22.3 Å². The molecule has 0 amide bonds. The minimum atomic E-state index is 0. The lowest BCUT2D eigenvalue weighted by Gasteiger charge is -2.13. The molecule has 0 aromatic heterocycles. The van der Waals surface area contributed by atoms with E-state index >= 15 is 0 Å². The zero-order chi connectivity index (χ0) is 17.4. The lowest BCUT2D eigenvalue weighted by molar-refractivity contribution is 0.402. The summed E-state index contributed by atoms with van der Waals surface area (Å²) in [6.07, 6.45) is 0. The quantitative estimate of drug-likeness (QED) is 0.400. The lowest BCUT2D eigenvalue weighted by atomic mass is 10.1. The Kier molecular flexibility index (Phi) is 9.52. The maximum atomic E-state index is 4.28. The van der Waals surface area contributed by atoms with E-state index in [2.05, 4.69) is 90.1 Å². The smallest absolute Gasteiger partial charge is 0.191 e. The molecule has 0 unspecified atom stereocenters. The largest absolute Gasteiger partial charge is 0.352 e. The minimum Gasteiger partial charge on any atom is -0.352 e. The summed E-state index contributed by atoms with van der Waals surface area (Å²) in [5.41, 5.74) is 5.09. The van der Waals surface area contributed by atoms with E-state index in [4.69, 9.17) is 0 Å². The number of guanidine groups is 1. The molecule has 0 atom stereocenters. The number of aryl methyl sites for hydroxylation is 1. The molecule has 0 aliphatic carbocycles. The van der Waals surface area contributed by atoms with Gasteiger partial charge in [0.1, 0.15) is 0 Å². The molecule has 2 N–H and O–H groups in total. The molecule has 2 rings (SSSR count). The molecule has 0 aliphatic rings. The first-order valence-corrected chi connectivity index (χ1v) is 8.29. The normalized spacial score (nSPS) is 11.2. The summed E-state index contributed by atoms with van der Waals surface area (Å²) in [7, 11) is 5.96. The maximum Gasteiger partial charge on any atom is 0.191 e. The van der Waals surface area contributed by atoms with Gasteiger partial charge in [-0.25, -0.2) is 0 Å². The fourth-order valence-electron chi connectivity index (χ4n) is 2.43. The van der Waals surface area contributed by atoms with Gasteiger partial charge in [-0.15, -0.1) is 24.0 Å². The Balaban J connectivity index is 0.00000312. The van der Waals surface area contributed by atoms with Gasteiger partial charge in [0.25, 0.3) is 0 Å². The molecule has 0 saturated carbocycles. The second-order valence-corrected chi connectivity index (χ2v) is 6.32. The average Bonchev–Trinajstić information content (AvgIpc) is 2.57. The number of benzene rings is 2. The zero-order valence-corrected chi connectivity index (χ0v) is 17.9. The van der Waals surface area contributed by atoms with Crippen LogP contribution >= 0.6 is 24.0 Å². The highest BCUT2D eigenvalue weighted by Crippen LogP contribution is 2.06. The van der Waals surface area contributed by atoms with Gasteiger partial charge >= 0.3 is 0 Å². The van der Waals surface area contributed by atoms with Crippen molar-refractivity contribution in [1.29, 1.82) is 0 Å². The van der Waals surface area contributed by atoms with E-state index in [1.165, 1.54) is 22.3 Å². The van der Waals surface area contributed by atoms with Crippen LogP contribution in [-0.4, -0.2) is 32.0 Å². The summed E-state index contributed by atoms with van der Waals surface area (Å²) < 4.78 is 0. The van der Waals surface area contributed by atoms with Crippen LogP contribution in [-0.2, 0) is 19.6 Å². The van der Waals surface area contributed by atoms with Gasteiger partial charge in [-0.2, -0.15) is 0 Å². The molecular weight excluding hydrogens is 423 g/mol. The Hall–Kier alpha value is -1.60. The summed E-state index contributed by atoms with van der Waals surface area (Å²) in [6, 6.07) is 17.2. The van der Waals surface area contributed by atoms with E-state index < -0.39 is 0 Å². The maximum absolute atomic E-state index is 4.28. The standard InChI is InChI=1S/C20H28N4.HI/c1-16-5-7-17(8-6-16)13-22-20(21-2)23-14-18-9-11-19(12-10-18)15-24(3)4;/h5-12H,13-15H2,1-4H3,(H2,21,22,23);1H. The Bertz CT molecular complexity index is 648. The summed E-state index contributed by atoms with van der Waals surface area (Å²) in [5, 5.41) is 6.70. The van der Waals surface area contributed by atoms with E-state index in [0.717, 1.165) is 25.6 Å². The van der Waals surface area contributed by atoms with E-state index in [1.54, 1.807) is 7.05 Å². The highest BCUT2D eigenvalue weighted by atomic mass is 127. The van der Waals surface area contributed by atoms with Crippen molar-refractivity contribution in [2.75, 3.05) is 21.1 Å². The minimum absolute atomic E-state index is 0. The van der Waals surface area contributed by atoms with E-state index in [1.807, 2.05) is 0 Å². The van der Waals surface area contributed by atoms with Gasteiger partial charge in [-0.1, -0.05) is 54.1 Å². The Morgan fingerprint density at radius 1 is 0.840 bits per heavy atom. The van der Waals surface area contributed by atoms with Crippen molar-refractivity contribution in [3.63, 3.8) is 0 Å². The van der Waals surface area contributed by atoms with Crippen LogP contribution in [0, 0.1) is 6.92 Å². The molecule has 136 valence electrons. The number of nitrogens with one attached hydrogen (secondary N) is 2. The van der Waals surface area contributed by atoms with Crippen molar-refractivity contribution in [2.45, 2.75) is 26.6 Å². The fraction of sp³-hybridized carbons (Fsp3) is 0.350. The summed E-state index contributed by atoms with van der Waals surface area (Å²) in [5.74, 6) is 0.813. The molecule has 5 heteroatoms. The van der Waals surface area contributed by atoms with Crippen molar-refractivity contribution < 1.29 is 0 Å². The van der Waals surface area contributed by atoms with Crippen molar-refractivity contribution in [2.24, 2.45) is 4.99 Å². The second kappa shape index (κ2) is 11.1. The second-order valence-electron chi connectivity index (χ2n) is 6.32. The lowest BCUT2D eigenvalue weighted by Crippen LogP contribution is -2.36. The van der Waals surface area contributed by atoms with E-state index in [9.17, 15) is 0 Å². The van der Waals surface area contributed by atoms with E-state index in [-0.39, 0.29) is 24.0 Å². The zero-order valence-electron chi connectivity index (χ0n) is 15.5. The Labute approximate surface area is 168 Å². The number of rotatable bonds is 6. The fourth-order valence-corrected chi connectivity index (χ4v) is 2.43. The summed E-state index contributed by atoms with van der Waals surface area (Å²) in [4.78, 5) is 6.45. The molecular formula is C20H29IN4. The molecule has 0 aliphatic heterocycles. The molecule has 2 aromatic rings. The Morgan fingerprint density at radius 2 is 1.28 bits per heavy atom. The van der Waals surface area contributed by atoms with Crippen LogP contribution in [0.25, 0.3) is 0 Å². The molecule has 4 nitrogen and oxygen atoms in total. The van der Waals surface area contributed by atoms with Crippen LogP contribution < -0.4 is 10.6 Å². The van der Waals surface area contributed by atoms with Crippen LogP contribution in [0.3, 0.4) is 0 Å². The first-order valence-electron chi connectivity index (χ1n) is 8.29. The van der Waals surface area contributed by atoms with Crippen LogP contribution in [0.4, 0.5) is 0 Å². The molecule has 0 fully saturated rings. The van der Waals surface area contributed by atoms with Crippen molar-refractivity contribution in [1.82, 2.24) is 15.5 Å². The van der Waals surface area contributed by atoms with Crippen molar-refractivity contribution in [3.8, 4) is 0 Å². The van der Waals surface area contributed by atoms with Gasteiger partial charge in [0.15, 0.2) is 5.96 Å². The molecule has 0 radical (unpaired) electrons. The van der Waals surface area contributed by atoms with Gasteiger partial charge in [-0.3, -0.25) is 4.99 Å². The summed E-state index contributed by atoms with van der Waals surface area (Å²) >= 11 is 0. The number of hydrogen-bond acceptors (Lipinski definition) is 2. The third kappa shape index (κ3) is 7.88. The molecule has 0 heterocycles. The first kappa shape index (κ1) is 21.4. The molecule has 0 spiro atoms. The topological polar surface area (TPSA) is 39.7 Å². The first-order chi connectivity index (χ1) is 11.6. The van der Waals surface area contributed by atoms with E-state index in [0.29, 0.717) is 0 Å². The number of aliphatic imine (C=N–C) groups is 1. The Morgan fingerprint density at radius 3 is 1.72 bits per heavy atom. The predicted molar refractivity (Wildman–Crippen MR) is 117 cm³/mol. The molecule has 25 heavy (non-hydrogen) atoms. The van der Waals surface area contributed by atoms with Gasteiger partial charge < -0.3 is 15.5 Å². The van der Waals surface area contributed by atoms with Gasteiger partial charge in [0.05, 0.1) is 0 Å². The van der Waals surface area contributed by atoms with Crippen molar-refractivity contribution in [3.05, 3.63) is 70.8 Å². The van der Waals surface area contributed by atoms with Crippen LogP contribution in [0.2, 0.25) is 0 Å². The number of hydrogen-bond donors (Lipinski definition) is 2. The molecule has 2 aromatic carbocycles. The molecule has 0 saturated heterocycles. The monoisotopic (exact) mass is 452 g/mol.